The maximum atomic E-state index is 11.9. The van der Waals surface area contributed by atoms with E-state index < -0.39 is 5.97 Å². The number of piperidine rings is 1. The summed E-state index contributed by atoms with van der Waals surface area (Å²) in [6, 6.07) is 12.4. The molecule has 1 aliphatic carbocycles. The third kappa shape index (κ3) is 6.27. The number of fused-ring (bicyclic) bond motifs is 5. The molecule has 2 aliphatic heterocycles. The third-order valence-corrected chi connectivity index (χ3v) is 9.86. The molecule has 8 heteroatoms. The summed E-state index contributed by atoms with van der Waals surface area (Å²) in [5.74, 6) is 1.42. The highest BCUT2D eigenvalue weighted by Crippen LogP contribution is 2.49. The standard InChI is InChI=1S/C34H45N3O3.2ClH/c1-3-35-18-15-24(16-19-35)17-20-36(4-2)29-12-8-11-28-32-31(25-9-6-5-7-10-25)27-14-13-26(34(38)39)23-30(27)37(32)21-22-40-33(28)29;;/h8,11-14,23-25H,3-7,9-10,15-22H2,1-2H3,(H,38,39);2*1H. The summed E-state index contributed by atoms with van der Waals surface area (Å²) in [7, 11) is 0. The van der Waals surface area contributed by atoms with Gasteiger partial charge in [-0.05, 0) is 100 Å². The van der Waals surface area contributed by atoms with Crippen LogP contribution in [0.2, 0.25) is 0 Å². The fourth-order valence-corrected chi connectivity index (χ4v) is 7.57. The molecule has 1 saturated carbocycles. The molecule has 3 aliphatic rings. The van der Waals surface area contributed by atoms with Crippen LogP contribution in [-0.2, 0) is 6.54 Å². The summed E-state index contributed by atoms with van der Waals surface area (Å²) in [4.78, 5) is 17.0. The summed E-state index contributed by atoms with van der Waals surface area (Å²) >= 11 is 0. The zero-order valence-electron chi connectivity index (χ0n) is 25.1. The van der Waals surface area contributed by atoms with Crippen LogP contribution in [0.1, 0.15) is 87.1 Å². The number of aromatic carboxylic acids is 1. The van der Waals surface area contributed by atoms with E-state index in [-0.39, 0.29) is 24.8 Å². The van der Waals surface area contributed by atoms with Gasteiger partial charge in [0.2, 0.25) is 0 Å². The van der Waals surface area contributed by atoms with Crippen molar-refractivity contribution in [2.24, 2.45) is 5.92 Å². The Labute approximate surface area is 263 Å². The van der Waals surface area contributed by atoms with E-state index in [2.05, 4.69) is 52.5 Å². The molecule has 1 aromatic heterocycles. The highest BCUT2D eigenvalue weighted by molar-refractivity contribution is 5.99. The van der Waals surface area contributed by atoms with Gasteiger partial charge in [0.25, 0.3) is 0 Å². The van der Waals surface area contributed by atoms with Gasteiger partial charge >= 0.3 is 5.97 Å². The summed E-state index contributed by atoms with van der Waals surface area (Å²) in [5.41, 5.74) is 6.40. The van der Waals surface area contributed by atoms with E-state index in [0.717, 1.165) is 36.8 Å². The number of rotatable bonds is 8. The number of halogens is 2. The van der Waals surface area contributed by atoms with Crippen molar-refractivity contribution in [1.82, 2.24) is 9.47 Å². The lowest BCUT2D eigenvalue weighted by Gasteiger charge is -2.33. The number of hydrogen-bond acceptors (Lipinski definition) is 4. The average molecular weight is 617 g/mol. The minimum Gasteiger partial charge on any atom is -0.489 e. The molecule has 42 heavy (non-hydrogen) atoms. The lowest BCUT2D eigenvalue weighted by Crippen LogP contribution is -2.35. The van der Waals surface area contributed by atoms with Gasteiger partial charge < -0.3 is 24.2 Å². The van der Waals surface area contributed by atoms with Crippen LogP contribution >= 0.6 is 24.8 Å². The second-order valence-corrected chi connectivity index (χ2v) is 12.0. The van der Waals surface area contributed by atoms with Crippen molar-refractivity contribution in [3.8, 4) is 17.0 Å². The highest BCUT2D eigenvalue weighted by Gasteiger charge is 2.31. The lowest BCUT2D eigenvalue weighted by atomic mass is 9.81. The molecule has 6 nitrogen and oxygen atoms in total. The second-order valence-electron chi connectivity index (χ2n) is 12.0. The molecule has 2 fully saturated rings. The number of carboxylic acids is 1. The molecule has 6 rings (SSSR count). The maximum Gasteiger partial charge on any atom is 0.335 e. The molecule has 0 amide bonds. The Kier molecular flexibility index (Phi) is 11.1. The first kappa shape index (κ1) is 32.5. The number of nitrogens with zero attached hydrogens (tertiary/aromatic N) is 3. The molecule has 0 radical (unpaired) electrons. The van der Waals surface area contributed by atoms with Gasteiger partial charge in [-0.3, -0.25) is 0 Å². The van der Waals surface area contributed by atoms with E-state index >= 15 is 0 Å². The van der Waals surface area contributed by atoms with Crippen LogP contribution in [0.5, 0.6) is 5.75 Å². The number of anilines is 1. The van der Waals surface area contributed by atoms with Crippen LogP contribution in [0.25, 0.3) is 22.2 Å². The van der Waals surface area contributed by atoms with Gasteiger partial charge in [-0.25, -0.2) is 4.79 Å². The van der Waals surface area contributed by atoms with Crippen LogP contribution in [0, 0.1) is 5.92 Å². The molecule has 0 spiro atoms. The number of benzene rings is 2. The summed E-state index contributed by atoms with van der Waals surface area (Å²) in [6.45, 7) is 11.5. The van der Waals surface area contributed by atoms with Crippen molar-refractivity contribution in [3.05, 3.63) is 47.5 Å². The molecule has 0 unspecified atom stereocenters. The van der Waals surface area contributed by atoms with Crippen LogP contribution in [0.4, 0.5) is 5.69 Å². The maximum absolute atomic E-state index is 11.9. The van der Waals surface area contributed by atoms with Gasteiger partial charge in [-0.2, -0.15) is 0 Å². The molecule has 2 aromatic carbocycles. The first-order valence-corrected chi connectivity index (χ1v) is 15.7. The Hall–Kier alpha value is -2.41. The van der Waals surface area contributed by atoms with E-state index in [0.29, 0.717) is 18.1 Å². The second kappa shape index (κ2) is 14.4. The van der Waals surface area contributed by atoms with Gasteiger partial charge in [0.15, 0.2) is 5.75 Å². The summed E-state index contributed by atoms with van der Waals surface area (Å²) < 4.78 is 8.97. The summed E-state index contributed by atoms with van der Waals surface area (Å²) in [6.07, 6.45) is 10.0. The van der Waals surface area contributed by atoms with Gasteiger partial charge in [-0.1, -0.05) is 38.3 Å². The number of likely N-dealkylation sites (tertiary alicyclic amines) is 1. The SMILES string of the molecule is CCN1CCC(CCN(CC)c2cccc3c2OCCn2c-3c(C3CCCCC3)c3ccc(C(=O)O)cc32)CC1.Cl.Cl. The average Bonchev–Trinajstić information content (AvgIpc) is 3.19. The molecule has 1 saturated heterocycles. The first-order chi connectivity index (χ1) is 19.6. The third-order valence-electron chi connectivity index (χ3n) is 9.86. The number of para-hydroxylation sites is 1. The smallest absolute Gasteiger partial charge is 0.335 e. The minimum atomic E-state index is -0.872. The topological polar surface area (TPSA) is 57.9 Å². The van der Waals surface area contributed by atoms with Crippen LogP contribution in [-0.4, -0.2) is 59.9 Å². The predicted molar refractivity (Wildman–Crippen MR) is 177 cm³/mol. The van der Waals surface area contributed by atoms with Crippen LogP contribution in [0.3, 0.4) is 0 Å². The fraction of sp³-hybridized carbons (Fsp3) is 0.559. The number of carbonyl (C=O) groups is 1. The van der Waals surface area contributed by atoms with Gasteiger partial charge in [0.1, 0.15) is 6.61 Å². The van der Waals surface area contributed by atoms with Gasteiger partial charge in [-0.15, -0.1) is 24.8 Å². The van der Waals surface area contributed by atoms with Gasteiger partial charge in [0, 0.05) is 29.6 Å². The van der Waals surface area contributed by atoms with E-state index in [9.17, 15) is 9.90 Å². The van der Waals surface area contributed by atoms with E-state index in [1.54, 1.807) is 6.07 Å². The molecule has 0 bridgehead atoms. The van der Waals surface area contributed by atoms with E-state index in [4.69, 9.17) is 4.74 Å². The molecule has 1 N–H and O–H groups in total. The Morgan fingerprint density at radius 2 is 1.76 bits per heavy atom. The Morgan fingerprint density at radius 3 is 2.45 bits per heavy atom. The molecule has 3 heterocycles. The molecular formula is C34H47Cl2N3O3. The molecular weight excluding hydrogens is 569 g/mol. The lowest BCUT2D eigenvalue weighted by molar-refractivity contribution is 0.0697. The van der Waals surface area contributed by atoms with Crippen molar-refractivity contribution in [1.29, 1.82) is 0 Å². The zero-order valence-corrected chi connectivity index (χ0v) is 26.8. The van der Waals surface area contributed by atoms with Gasteiger partial charge in [0.05, 0.1) is 23.5 Å². The summed E-state index contributed by atoms with van der Waals surface area (Å²) in [5, 5.41) is 11.0. The number of hydrogen-bond donors (Lipinski definition) is 1. The Bertz CT molecular complexity index is 1360. The van der Waals surface area contributed by atoms with Crippen molar-refractivity contribution in [2.45, 2.75) is 77.7 Å². The number of carboxylic acid groups (broad SMARTS) is 1. The van der Waals surface area contributed by atoms with Crippen molar-refractivity contribution in [2.75, 3.05) is 44.2 Å². The Morgan fingerprint density at radius 1 is 1.00 bits per heavy atom. The molecule has 230 valence electrons. The van der Waals surface area contributed by atoms with Crippen LogP contribution < -0.4 is 9.64 Å². The highest BCUT2D eigenvalue weighted by atomic mass is 35.5. The predicted octanol–water partition coefficient (Wildman–Crippen LogP) is 8.24. The largest absolute Gasteiger partial charge is 0.489 e. The van der Waals surface area contributed by atoms with Crippen LogP contribution in [0.15, 0.2) is 36.4 Å². The van der Waals surface area contributed by atoms with E-state index in [1.807, 2.05) is 6.07 Å². The zero-order chi connectivity index (χ0) is 27.6. The monoisotopic (exact) mass is 615 g/mol. The van der Waals surface area contributed by atoms with Crippen molar-refractivity contribution >= 4 is 47.4 Å². The van der Waals surface area contributed by atoms with Crippen molar-refractivity contribution in [3.63, 3.8) is 0 Å². The quantitative estimate of drug-likeness (QED) is 0.276. The molecule has 0 atom stereocenters. The minimum absolute atomic E-state index is 0. The normalized spacial score (nSPS) is 17.8. The number of aromatic nitrogens is 1. The molecule has 3 aromatic rings. The fourth-order valence-electron chi connectivity index (χ4n) is 7.57. The first-order valence-electron chi connectivity index (χ1n) is 15.7. The number of ether oxygens (including phenoxy) is 1. The van der Waals surface area contributed by atoms with E-state index in [1.165, 1.54) is 98.9 Å². The van der Waals surface area contributed by atoms with Crippen molar-refractivity contribution < 1.29 is 14.6 Å². The Balaban J connectivity index is 0.00000202.